The standard InChI is InChI=1S/C7H12O2S/c1-2-10(9)7-5-3-4-6(7)8/h7H,2-5H2,1H3. The third-order valence-corrected chi connectivity index (χ3v) is 3.55. The molecular formula is C7H12O2S. The Kier molecular flexibility index (Phi) is 2.60. The van der Waals surface area contributed by atoms with Gasteiger partial charge in [-0.2, -0.15) is 0 Å². The number of ketones is 1. The maximum absolute atomic E-state index is 11.1. The van der Waals surface area contributed by atoms with Gasteiger partial charge in [0.1, 0.15) is 5.78 Å². The fraction of sp³-hybridized carbons (Fsp3) is 0.857. The van der Waals surface area contributed by atoms with Crippen molar-refractivity contribution in [1.29, 1.82) is 0 Å². The molecule has 1 saturated carbocycles. The summed E-state index contributed by atoms with van der Waals surface area (Å²) in [5, 5.41) is -0.120. The van der Waals surface area contributed by atoms with Gasteiger partial charge in [-0.15, -0.1) is 0 Å². The zero-order valence-electron chi connectivity index (χ0n) is 6.13. The Balaban J connectivity index is 2.55. The highest BCUT2D eigenvalue weighted by Crippen LogP contribution is 2.19. The number of rotatable bonds is 2. The Morgan fingerprint density at radius 1 is 1.70 bits per heavy atom. The number of carbonyl (C=O) groups is 1. The van der Waals surface area contributed by atoms with Gasteiger partial charge in [-0.25, -0.2) is 0 Å². The van der Waals surface area contributed by atoms with Crippen LogP contribution in [0.2, 0.25) is 0 Å². The summed E-state index contributed by atoms with van der Waals surface area (Å²) in [6, 6.07) is 0. The van der Waals surface area contributed by atoms with Crippen LogP contribution in [0.25, 0.3) is 0 Å². The molecule has 0 amide bonds. The van der Waals surface area contributed by atoms with E-state index in [2.05, 4.69) is 0 Å². The van der Waals surface area contributed by atoms with Gasteiger partial charge in [-0.05, 0) is 12.8 Å². The van der Waals surface area contributed by atoms with Gasteiger partial charge in [0.25, 0.3) is 0 Å². The largest absolute Gasteiger partial charge is 0.298 e. The molecule has 0 aliphatic heterocycles. The molecule has 1 aliphatic rings. The molecule has 1 fully saturated rings. The lowest BCUT2D eigenvalue weighted by Crippen LogP contribution is -2.20. The molecule has 1 aliphatic carbocycles. The van der Waals surface area contributed by atoms with Gasteiger partial charge in [0.05, 0.1) is 5.25 Å². The number of Topliss-reactive ketones (excluding diaryl/α,β-unsaturated/α-hetero) is 1. The lowest BCUT2D eigenvalue weighted by Gasteiger charge is -2.03. The summed E-state index contributed by atoms with van der Waals surface area (Å²) in [6.45, 7) is 1.86. The maximum Gasteiger partial charge on any atom is 0.148 e. The van der Waals surface area contributed by atoms with E-state index in [1.807, 2.05) is 6.92 Å². The predicted octanol–water partition coefficient (Wildman–Crippen LogP) is 0.877. The Morgan fingerprint density at radius 2 is 2.40 bits per heavy atom. The van der Waals surface area contributed by atoms with Crippen molar-refractivity contribution in [1.82, 2.24) is 0 Å². The van der Waals surface area contributed by atoms with Gasteiger partial charge in [0.2, 0.25) is 0 Å². The molecule has 0 aromatic carbocycles. The lowest BCUT2D eigenvalue weighted by molar-refractivity contribution is -0.117. The Morgan fingerprint density at radius 3 is 2.80 bits per heavy atom. The van der Waals surface area contributed by atoms with Crippen molar-refractivity contribution in [2.24, 2.45) is 0 Å². The van der Waals surface area contributed by atoms with Crippen molar-refractivity contribution in [2.45, 2.75) is 31.4 Å². The van der Waals surface area contributed by atoms with Gasteiger partial charge in [0, 0.05) is 23.0 Å². The summed E-state index contributed by atoms with van der Waals surface area (Å²) in [5.74, 6) is 0.830. The summed E-state index contributed by atoms with van der Waals surface area (Å²) >= 11 is 0. The van der Waals surface area contributed by atoms with Gasteiger partial charge >= 0.3 is 0 Å². The first-order chi connectivity index (χ1) is 4.75. The monoisotopic (exact) mass is 160 g/mol. The third-order valence-electron chi connectivity index (χ3n) is 1.85. The summed E-state index contributed by atoms with van der Waals surface area (Å²) in [5.41, 5.74) is 0. The zero-order valence-corrected chi connectivity index (χ0v) is 6.95. The van der Waals surface area contributed by atoms with Crippen molar-refractivity contribution in [3.05, 3.63) is 0 Å². The van der Waals surface area contributed by atoms with Gasteiger partial charge in [0.15, 0.2) is 0 Å². The second kappa shape index (κ2) is 3.28. The summed E-state index contributed by atoms with van der Waals surface area (Å²) < 4.78 is 11.1. The molecule has 10 heavy (non-hydrogen) atoms. The van der Waals surface area contributed by atoms with Crippen LogP contribution in [0.3, 0.4) is 0 Å². The fourth-order valence-corrected chi connectivity index (χ4v) is 2.51. The first-order valence-electron chi connectivity index (χ1n) is 3.65. The van der Waals surface area contributed by atoms with Gasteiger partial charge in [-0.3, -0.25) is 9.00 Å². The molecule has 0 aromatic heterocycles. The molecule has 2 unspecified atom stereocenters. The van der Waals surface area contributed by atoms with Crippen molar-refractivity contribution in [2.75, 3.05) is 5.75 Å². The van der Waals surface area contributed by atoms with E-state index in [9.17, 15) is 9.00 Å². The molecule has 0 heterocycles. The molecule has 0 saturated heterocycles. The van der Waals surface area contributed by atoms with Gasteiger partial charge < -0.3 is 0 Å². The van der Waals surface area contributed by atoms with Crippen LogP contribution in [0, 0.1) is 0 Å². The second-order valence-electron chi connectivity index (χ2n) is 2.52. The summed E-state index contributed by atoms with van der Waals surface area (Å²) in [4.78, 5) is 11.0. The fourth-order valence-electron chi connectivity index (χ4n) is 1.26. The second-order valence-corrected chi connectivity index (χ2v) is 4.42. The van der Waals surface area contributed by atoms with Crippen molar-refractivity contribution in [3.8, 4) is 0 Å². The number of carbonyl (C=O) groups excluding carboxylic acids is 1. The Bertz CT molecular complexity index is 165. The van der Waals surface area contributed by atoms with E-state index in [4.69, 9.17) is 0 Å². The molecular weight excluding hydrogens is 148 g/mol. The van der Waals surface area contributed by atoms with Crippen LogP contribution in [-0.4, -0.2) is 21.0 Å². The summed E-state index contributed by atoms with van der Waals surface area (Å²) in [6.07, 6.45) is 2.44. The quantitative estimate of drug-likeness (QED) is 0.601. The Labute approximate surface area is 63.5 Å². The highest BCUT2D eigenvalue weighted by atomic mass is 32.2. The molecule has 0 spiro atoms. The molecule has 0 bridgehead atoms. The van der Waals surface area contributed by atoms with E-state index in [0.29, 0.717) is 12.2 Å². The van der Waals surface area contributed by atoms with Crippen LogP contribution in [-0.2, 0) is 15.6 Å². The number of hydrogen-bond donors (Lipinski definition) is 0. The third kappa shape index (κ3) is 1.45. The smallest absolute Gasteiger partial charge is 0.148 e. The maximum atomic E-state index is 11.1. The van der Waals surface area contributed by atoms with E-state index < -0.39 is 10.8 Å². The molecule has 58 valence electrons. The van der Waals surface area contributed by atoms with Gasteiger partial charge in [-0.1, -0.05) is 6.92 Å². The highest BCUT2D eigenvalue weighted by Gasteiger charge is 2.28. The molecule has 0 aromatic rings. The minimum Gasteiger partial charge on any atom is -0.298 e. The highest BCUT2D eigenvalue weighted by molar-refractivity contribution is 7.86. The first kappa shape index (κ1) is 7.92. The first-order valence-corrected chi connectivity index (χ1v) is 5.03. The van der Waals surface area contributed by atoms with E-state index in [1.165, 1.54) is 0 Å². The molecule has 1 rings (SSSR count). The van der Waals surface area contributed by atoms with Crippen LogP contribution in [0.1, 0.15) is 26.2 Å². The van der Waals surface area contributed by atoms with E-state index >= 15 is 0 Å². The van der Waals surface area contributed by atoms with Crippen LogP contribution in [0.5, 0.6) is 0 Å². The van der Waals surface area contributed by atoms with E-state index in [1.54, 1.807) is 0 Å². The minimum absolute atomic E-state index is 0.120. The zero-order chi connectivity index (χ0) is 7.56. The average molecular weight is 160 g/mol. The van der Waals surface area contributed by atoms with E-state index in [0.717, 1.165) is 12.8 Å². The van der Waals surface area contributed by atoms with Crippen molar-refractivity contribution < 1.29 is 9.00 Å². The normalized spacial score (nSPS) is 28.9. The molecule has 2 atom stereocenters. The van der Waals surface area contributed by atoms with Crippen LogP contribution in [0.4, 0.5) is 0 Å². The molecule has 3 heteroatoms. The van der Waals surface area contributed by atoms with E-state index in [-0.39, 0.29) is 11.0 Å². The SMILES string of the molecule is CCS(=O)C1CCCC1=O. The topological polar surface area (TPSA) is 34.1 Å². The van der Waals surface area contributed by atoms with Crippen LogP contribution >= 0.6 is 0 Å². The molecule has 2 nitrogen and oxygen atoms in total. The van der Waals surface area contributed by atoms with Crippen molar-refractivity contribution in [3.63, 3.8) is 0 Å². The predicted molar refractivity (Wildman–Crippen MR) is 41.3 cm³/mol. The summed E-state index contributed by atoms with van der Waals surface area (Å²) in [7, 11) is -0.882. The molecule has 0 radical (unpaired) electrons. The minimum atomic E-state index is -0.882. The van der Waals surface area contributed by atoms with Crippen molar-refractivity contribution >= 4 is 16.6 Å². The van der Waals surface area contributed by atoms with Crippen LogP contribution in [0.15, 0.2) is 0 Å². The average Bonchev–Trinajstić information content (AvgIpc) is 2.34. The lowest BCUT2D eigenvalue weighted by atomic mass is 10.3. The number of hydrogen-bond acceptors (Lipinski definition) is 2. The molecule has 0 N–H and O–H groups in total. The Hall–Kier alpha value is -0.180. The van der Waals surface area contributed by atoms with Crippen LogP contribution < -0.4 is 0 Å².